The summed E-state index contributed by atoms with van der Waals surface area (Å²) >= 11 is 0. The minimum Gasteiger partial charge on any atom is -0.350 e. The van der Waals surface area contributed by atoms with Gasteiger partial charge in [0.05, 0.1) is 6.54 Å². The van der Waals surface area contributed by atoms with Crippen LogP contribution in [0.5, 0.6) is 0 Å². The highest BCUT2D eigenvalue weighted by molar-refractivity contribution is 5.77. The van der Waals surface area contributed by atoms with E-state index in [4.69, 9.17) is 0 Å². The summed E-state index contributed by atoms with van der Waals surface area (Å²) in [4.78, 5) is 12.2. The Labute approximate surface area is 121 Å². The molecule has 2 N–H and O–H groups in total. The first-order chi connectivity index (χ1) is 9.56. The summed E-state index contributed by atoms with van der Waals surface area (Å²) < 4.78 is 2.12. The Morgan fingerprint density at radius 2 is 2.00 bits per heavy atom. The smallest absolute Gasteiger partial charge is 0.222 e. The SMILES string of the molecule is CNC1(CC(=O)NCc2ccc(C)n2C)CCCCC1. The first-order valence-electron chi connectivity index (χ1n) is 7.63. The van der Waals surface area contributed by atoms with Gasteiger partial charge in [-0.25, -0.2) is 0 Å². The normalized spacial score (nSPS) is 17.9. The summed E-state index contributed by atoms with van der Waals surface area (Å²) in [6.45, 7) is 2.69. The van der Waals surface area contributed by atoms with E-state index < -0.39 is 0 Å². The molecule has 1 amide bonds. The number of carbonyl (C=O) groups is 1. The molecule has 1 aromatic heterocycles. The number of amides is 1. The van der Waals surface area contributed by atoms with Crippen LogP contribution in [0.3, 0.4) is 0 Å². The van der Waals surface area contributed by atoms with E-state index in [1.165, 1.54) is 25.0 Å². The van der Waals surface area contributed by atoms with Crippen LogP contribution < -0.4 is 10.6 Å². The minimum absolute atomic E-state index is 0.0203. The molecule has 0 saturated heterocycles. The van der Waals surface area contributed by atoms with E-state index in [1.807, 2.05) is 14.1 Å². The average Bonchev–Trinajstić information content (AvgIpc) is 2.77. The lowest BCUT2D eigenvalue weighted by Crippen LogP contribution is -2.48. The monoisotopic (exact) mass is 277 g/mol. The highest BCUT2D eigenvalue weighted by Gasteiger charge is 2.32. The van der Waals surface area contributed by atoms with Gasteiger partial charge in [0, 0.05) is 30.4 Å². The lowest BCUT2D eigenvalue weighted by atomic mass is 9.79. The Hall–Kier alpha value is -1.29. The van der Waals surface area contributed by atoms with Crippen LogP contribution in [0.4, 0.5) is 0 Å². The van der Waals surface area contributed by atoms with Crippen LogP contribution in [-0.2, 0) is 18.4 Å². The summed E-state index contributed by atoms with van der Waals surface area (Å²) in [7, 11) is 4.02. The van der Waals surface area contributed by atoms with Crippen LogP contribution in [-0.4, -0.2) is 23.1 Å². The van der Waals surface area contributed by atoms with Crippen molar-refractivity contribution < 1.29 is 4.79 Å². The quantitative estimate of drug-likeness (QED) is 0.867. The molecule has 1 heterocycles. The Morgan fingerprint density at radius 3 is 2.55 bits per heavy atom. The van der Waals surface area contributed by atoms with Gasteiger partial charge in [-0.1, -0.05) is 19.3 Å². The number of rotatable bonds is 5. The fourth-order valence-corrected chi connectivity index (χ4v) is 3.15. The number of hydrogen-bond donors (Lipinski definition) is 2. The van der Waals surface area contributed by atoms with Crippen molar-refractivity contribution in [3.63, 3.8) is 0 Å². The molecule has 0 bridgehead atoms. The lowest BCUT2D eigenvalue weighted by Gasteiger charge is -2.36. The third-order valence-electron chi connectivity index (χ3n) is 4.78. The van der Waals surface area contributed by atoms with Gasteiger partial charge in [-0.15, -0.1) is 0 Å². The maximum atomic E-state index is 12.2. The molecular formula is C16H27N3O. The first-order valence-corrected chi connectivity index (χ1v) is 7.63. The van der Waals surface area contributed by atoms with Crippen molar-refractivity contribution in [2.24, 2.45) is 7.05 Å². The van der Waals surface area contributed by atoms with Gasteiger partial charge in [-0.05, 0) is 38.9 Å². The van der Waals surface area contributed by atoms with Gasteiger partial charge in [-0.2, -0.15) is 0 Å². The van der Waals surface area contributed by atoms with E-state index in [0.29, 0.717) is 13.0 Å². The Kier molecular flexibility index (Phi) is 4.86. The Balaban J connectivity index is 1.87. The lowest BCUT2D eigenvalue weighted by molar-refractivity contribution is -0.123. The van der Waals surface area contributed by atoms with Gasteiger partial charge in [0.15, 0.2) is 0 Å². The third kappa shape index (κ3) is 3.42. The Bertz CT molecular complexity index is 458. The number of aromatic nitrogens is 1. The van der Waals surface area contributed by atoms with Crippen LogP contribution in [0.25, 0.3) is 0 Å². The molecule has 1 aliphatic rings. The van der Waals surface area contributed by atoms with Crippen LogP contribution in [0, 0.1) is 6.92 Å². The van der Waals surface area contributed by atoms with Gasteiger partial charge >= 0.3 is 0 Å². The molecule has 112 valence electrons. The van der Waals surface area contributed by atoms with Gasteiger partial charge in [-0.3, -0.25) is 4.79 Å². The summed E-state index contributed by atoms with van der Waals surface area (Å²) in [6.07, 6.45) is 6.57. The molecule has 1 aromatic rings. The topological polar surface area (TPSA) is 46.1 Å². The van der Waals surface area contributed by atoms with Crippen LogP contribution in [0.2, 0.25) is 0 Å². The molecule has 1 aliphatic carbocycles. The zero-order valence-corrected chi connectivity index (χ0v) is 13.0. The van der Waals surface area contributed by atoms with Gasteiger partial charge in [0.2, 0.25) is 5.91 Å². The maximum absolute atomic E-state index is 12.2. The molecule has 0 radical (unpaired) electrons. The second-order valence-electron chi connectivity index (χ2n) is 6.07. The first kappa shape index (κ1) is 15.1. The molecule has 4 nitrogen and oxygen atoms in total. The van der Waals surface area contributed by atoms with Crippen molar-refractivity contribution >= 4 is 5.91 Å². The van der Waals surface area contributed by atoms with Crippen LogP contribution in [0.1, 0.15) is 49.9 Å². The second-order valence-corrected chi connectivity index (χ2v) is 6.07. The van der Waals surface area contributed by atoms with E-state index in [2.05, 4.69) is 34.3 Å². The molecular weight excluding hydrogens is 250 g/mol. The van der Waals surface area contributed by atoms with E-state index in [1.54, 1.807) is 0 Å². The number of nitrogens with zero attached hydrogens (tertiary/aromatic N) is 1. The standard InChI is InChI=1S/C16H27N3O/c1-13-7-8-14(19(13)3)12-18-15(20)11-16(17-2)9-5-4-6-10-16/h7-8,17H,4-6,9-12H2,1-3H3,(H,18,20). The molecule has 0 aliphatic heterocycles. The van der Waals surface area contributed by atoms with Crippen molar-refractivity contribution in [1.82, 2.24) is 15.2 Å². The van der Waals surface area contributed by atoms with Gasteiger partial charge in [0.25, 0.3) is 0 Å². The largest absolute Gasteiger partial charge is 0.350 e. The van der Waals surface area contributed by atoms with Crippen LogP contribution >= 0.6 is 0 Å². The van der Waals surface area contributed by atoms with Crippen molar-refractivity contribution in [2.45, 2.75) is 57.5 Å². The predicted octanol–water partition coefficient (Wildman–Crippen LogP) is 2.26. The van der Waals surface area contributed by atoms with E-state index in [-0.39, 0.29) is 11.4 Å². The van der Waals surface area contributed by atoms with Crippen molar-refractivity contribution in [1.29, 1.82) is 0 Å². The summed E-state index contributed by atoms with van der Waals surface area (Å²) in [5, 5.41) is 6.46. The summed E-state index contributed by atoms with van der Waals surface area (Å²) in [5.74, 6) is 0.153. The zero-order chi connectivity index (χ0) is 14.6. The van der Waals surface area contributed by atoms with E-state index in [0.717, 1.165) is 18.5 Å². The van der Waals surface area contributed by atoms with E-state index >= 15 is 0 Å². The second kappa shape index (κ2) is 6.44. The number of nitrogens with one attached hydrogen (secondary N) is 2. The van der Waals surface area contributed by atoms with Gasteiger partial charge < -0.3 is 15.2 Å². The number of hydrogen-bond acceptors (Lipinski definition) is 2. The third-order valence-corrected chi connectivity index (χ3v) is 4.78. The fraction of sp³-hybridized carbons (Fsp3) is 0.688. The fourth-order valence-electron chi connectivity index (χ4n) is 3.15. The summed E-state index contributed by atoms with van der Waals surface area (Å²) in [5.41, 5.74) is 2.39. The van der Waals surface area contributed by atoms with Crippen molar-refractivity contribution in [3.05, 3.63) is 23.5 Å². The molecule has 0 spiro atoms. The summed E-state index contributed by atoms with van der Waals surface area (Å²) in [6, 6.07) is 4.15. The average molecular weight is 277 g/mol. The molecule has 2 rings (SSSR count). The van der Waals surface area contributed by atoms with E-state index in [9.17, 15) is 4.79 Å². The number of aryl methyl sites for hydroxylation is 1. The molecule has 0 aromatic carbocycles. The van der Waals surface area contributed by atoms with Crippen molar-refractivity contribution in [2.75, 3.05) is 7.05 Å². The highest BCUT2D eigenvalue weighted by atomic mass is 16.1. The minimum atomic E-state index is 0.0203. The zero-order valence-electron chi connectivity index (χ0n) is 13.0. The Morgan fingerprint density at radius 1 is 1.30 bits per heavy atom. The highest BCUT2D eigenvalue weighted by Crippen LogP contribution is 2.30. The molecule has 0 atom stereocenters. The maximum Gasteiger partial charge on any atom is 0.222 e. The van der Waals surface area contributed by atoms with Gasteiger partial charge in [0.1, 0.15) is 0 Å². The number of carbonyl (C=O) groups excluding carboxylic acids is 1. The molecule has 0 unspecified atom stereocenters. The molecule has 4 heteroatoms. The molecule has 1 fully saturated rings. The predicted molar refractivity (Wildman–Crippen MR) is 81.5 cm³/mol. The molecule has 20 heavy (non-hydrogen) atoms. The van der Waals surface area contributed by atoms with Crippen LogP contribution in [0.15, 0.2) is 12.1 Å². The molecule has 1 saturated carbocycles. The van der Waals surface area contributed by atoms with Crippen molar-refractivity contribution in [3.8, 4) is 0 Å².